The molecule has 0 unspecified atom stereocenters. The van der Waals surface area contributed by atoms with Gasteiger partial charge in [0.2, 0.25) is 11.9 Å². The number of carbonyl (C=O) groups is 2. The van der Waals surface area contributed by atoms with Crippen LogP contribution in [0.2, 0.25) is 5.02 Å². The van der Waals surface area contributed by atoms with E-state index in [1.165, 1.54) is 11.6 Å². The van der Waals surface area contributed by atoms with Crippen molar-refractivity contribution in [3.05, 3.63) is 76.8 Å². The Hall–Kier alpha value is -3.66. The smallest absolute Gasteiger partial charge is 0.281 e. The molecule has 2 fully saturated rings. The Morgan fingerprint density at radius 2 is 1.76 bits per heavy atom. The van der Waals surface area contributed by atoms with Crippen molar-refractivity contribution in [1.29, 1.82) is 0 Å². The number of carbonyl (C=O) groups excluding carboxylic acids is 2. The van der Waals surface area contributed by atoms with E-state index >= 15 is 0 Å². The Balaban J connectivity index is 1.11. The second-order valence-corrected chi connectivity index (χ2v) is 12.1. The Bertz CT molecular complexity index is 1440. The molecule has 1 aliphatic carbocycles. The second-order valence-electron chi connectivity index (χ2n) is 11.6. The molecule has 2 amide bonds. The van der Waals surface area contributed by atoms with E-state index in [1.54, 1.807) is 18.5 Å². The Kier molecular flexibility index (Phi) is 8.07. The predicted molar refractivity (Wildman–Crippen MR) is 156 cm³/mol. The molecule has 1 saturated heterocycles. The highest BCUT2D eigenvalue weighted by Gasteiger charge is 2.48. The fourth-order valence-corrected chi connectivity index (χ4v) is 6.89. The van der Waals surface area contributed by atoms with Gasteiger partial charge in [0.25, 0.3) is 12.3 Å². The van der Waals surface area contributed by atoms with Crippen molar-refractivity contribution in [3.63, 3.8) is 0 Å². The van der Waals surface area contributed by atoms with E-state index in [0.717, 1.165) is 57.1 Å². The summed E-state index contributed by atoms with van der Waals surface area (Å²) in [6.07, 6.45) is 7.00. The predicted octanol–water partition coefficient (Wildman–Crippen LogP) is 5.63. The molecule has 0 atom stereocenters. The lowest BCUT2D eigenvalue weighted by Crippen LogP contribution is -2.55. The van der Waals surface area contributed by atoms with Crippen LogP contribution in [0.15, 0.2) is 55.0 Å². The third kappa shape index (κ3) is 5.69. The van der Waals surface area contributed by atoms with E-state index in [-0.39, 0.29) is 28.5 Å². The molecule has 3 aromatic rings. The molecule has 220 valence electrons. The number of fused-ring (bicyclic) bond motifs is 1. The fourth-order valence-electron chi connectivity index (χ4n) is 6.74. The lowest BCUT2D eigenvalue weighted by atomic mass is 9.70. The van der Waals surface area contributed by atoms with Crippen LogP contribution in [0.25, 0.3) is 0 Å². The fraction of sp³-hybridized carbons (Fsp3) is 0.452. The van der Waals surface area contributed by atoms with Gasteiger partial charge in [-0.2, -0.15) is 0 Å². The number of piperidine rings is 1. The number of anilines is 2. The van der Waals surface area contributed by atoms with Gasteiger partial charge in [-0.15, -0.1) is 0 Å². The molecule has 42 heavy (non-hydrogen) atoms. The molecule has 1 saturated carbocycles. The maximum absolute atomic E-state index is 14.2. The minimum atomic E-state index is -2.87. The van der Waals surface area contributed by atoms with Crippen molar-refractivity contribution in [1.82, 2.24) is 20.3 Å². The number of aromatic nitrogens is 3. The number of rotatable bonds is 6. The molecular formula is C31H33ClF2N6O2. The number of pyridine rings is 1. The van der Waals surface area contributed by atoms with Crippen LogP contribution in [0.5, 0.6) is 0 Å². The van der Waals surface area contributed by atoms with Crippen molar-refractivity contribution in [2.24, 2.45) is 11.3 Å². The van der Waals surface area contributed by atoms with Crippen LogP contribution < -0.4 is 15.1 Å². The van der Waals surface area contributed by atoms with Gasteiger partial charge in [0.05, 0.1) is 16.0 Å². The lowest BCUT2D eigenvalue weighted by Gasteiger charge is -2.48. The number of amides is 2. The molecule has 1 aromatic carbocycles. The highest BCUT2D eigenvalue weighted by Crippen LogP contribution is 2.45. The first-order valence-electron chi connectivity index (χ1n) is 14.5. The van der Waals surface area contributed by atoms with Crippen molar-refractivity contribution in [3.8, 4) is 0 Å². The second kappa shape index (κ2) is 11.9. The summed E-state index contributed by atoms with van der Waals surface area (Å²) < 4.78 is 26.8. The number of nitrogens with one attached hydrogen (secondary N) is 1. The SMILES string of the molecule is O=C(NC1CCC(CN2C(=O)C3(CCN(c4ncccn4)CC3)Cc3ccccc32)CC1)c1cc(Cl)cnc1C(F)F. The number of hydrogen-bond acceptors (Lipinski definition) is 6. The number of halogens is 3. The Morgan fingerprint density at radius 1 is 1.05 bits per heavy atom. The molecular weight excluding hydrogens is 562 g/mol. The van der Waals surface area contributed by atoms with Crippen molar-refractivity contribution >= 4 is 35.1 Å². The van der Waals surface area contributed by atoms with Crippen LogP contribution in [-0.2, 0) is 11.2 Å². The van der Waals surface area contributed by atoms with Gasteiger partial charge in [0.1, 0.15) is 5.69 Å². The molecule has 8 nitrogen and oxygen atoms in total. The van der Waals surface area contributed by atoms with Gasteiger partial charge >= 0.3 is 0 Å². The first-order valence-corrected chi connectivity index (χ1v) is 14.9. The summed E-state index contributed by atoms with van der Waals surface area (Å²) in [5.74, 6) is 0.581. The summed E-state index contributed by atoms with van der Waals surface area (Å²) in [5.41, 5.74) is 0.991. The quantitative estimate of drug-likeness (QED) is 0.398. The number of hydrogen-bond donors (Lipinski definition) is 1. The monoisotopic (exact) mass is 594 g/mol. The molecule has 1 spiro atoms. The molecule has 3 aliphatic rings. The van der Waals surface area contributed by atoms with Crippen LogP contribution in [0, 0.1) is 11.3 Å². The summed E-state index contributed by atoms with van der Waals surface area (Å²) in [6, 6.07) is 11.1. The average molecular weight is 595 g/mol. The van der Waals surface area contributed by atoms with Gasteiger partial charge in [0.15, 0.2) is 0 Å². The van der Waals surface area contributed by atoms with Crippen LogP contribution in [0.4, 0.5) is 20.4 Å². The third-order valence-electron chi connectivity index (χ3n) is 9.02. The number of nitrogens with zero attached hydrogens (tertiary/aromatic N) is 5. The van der Waals surface area contributed by atoms with E-state index in [0.29, 0.717) is 25.3 Å². The average Bonchev–Trinajstić information content (AvgIpc) is 3.01. The summed E-state index contributed by atoms with van der Waals surface area (Å²) in [4.78, 5) is 43.7. The third-order valence-corrected chi connectivity index (χ3v) is 9.23. The summed E-state index contributed by atoms with van der Waals surface area (Å²) in [6.45, 7) is 2.08. The molecule has 6 rings (SSSR count). The summed E-state index contributed by atoms with van der Waals surface area (Å²) in [7, 11) is 0. The zero-order valence-electron chi connectivity index (χ0n) is 23.2. The molecule has 0 radical (unpaired) electrons. The molecule has 2 aliphatic heterocycles. The van der Waals surface area contributed by atoms with Crippen molar-refractivity contribution in [2.45, 2.75) is 57.4 Å². The van der Waals surface area contributed by atoms with Gasteiger partial charge in [-0.25, -0.2) is 18.7 Å². The van der Waals surface area contributed by atoms with E-state index < -0.39 is 23.4 Å². The normalized spacial score (nSPS) is 21.9. The van der Waals surface area contributed by atoms with E-state index in [1.807, 2.05) is 23.1 Å². The van der Waals surface area contributed by atoms with E-state index in [4.69, 9.17) is 11.6 Å². The number of alkyl halides is 2. The minimum absolute atomic E-state index is 0.136. The largest absolute Gasteiger partial charge is 0.349 e. The highest BCUT2D eigenvalue weighted by molar-refractivity contribution is 6.30. The van der Waals surface area contributed by atoms with Crippen molar-refractivity contribution < 1.29 is 18.4 Å². The summed E-state index contributed by atoms with van der Waals surface area (Å²) >= 11 is 5.93. The Labute approximate surface area is 248 Å². The van der Waals surface area contributed by atoms with Crippen LogP contribution in [0.1, 0.15) is 66.6 Å². The zero-order chi connectivity index (χ0) is 29.3. The molecule has 4 heterocycles. The topological polar surface area (TPSA) is 91.3 Å². The highest BCUT2D eigenvalue weighted by atomic mass is 35.5. The van der Waals surface area contributed by atoms with Gasteiger partial charge in [-0.3, -0.25) is 14.6 Å². The maximum Gasteiger partial charge on any atom is 0.281 e. The maximum atomic E-state index is 14.2. The van der Waals surface area contributed by atoms with Crippen molar-refractivity contribution in [2.75, 3.05) is 29.4 Å². The van der Waals surface area contributed by atoms with Gasteiger partial charge in [0, 0.05) is 50.0 Å². The Morgan fingerprint density at radius 3 is 2.48 bits per heavy atom. The van der Waals surface area contributed by atoms with Gasteiger partial charge in [-0.1, -0.05) is 29.8 Å². The first kappa shape index (κ1) is 28.5. The van der Waals surface area contributed by atoms with Crippen LogP contribution >= 0.6 is 11.6 Å². The molecule has 1 N–H and O–H groups in total. The van der Waals surface area contributed by atoms with E-state index in [9.17, 15) is 18.4 Å². The lowest BCUT2D eigenvalue weighted by molar-refractivity contribution is -0.130. The minimum Gasteiger partial charge on any atom is -0.349 e. The van der Waals surface area contributed by atoms with Crippen LogP contribution in [0.3, 0.4) is 0 Å². The van der Waals surface area contributed by atoms with Crippen LogP contribution in [-0.4, -0.2) is 52.4 Å². The number of para-hydroxylation sites is 1. The molecule has 0 bridgehead atoms. The molecule has 11 heteroatoms. The summed E-state index contributed by atoms with van der Waals surface area (Å²) in [5, 5.41) is 3.04. The zero-order valence-corrected chi connectivity index (χ0v) is 23.9. The first-order chi connectivity index (χ1) is 20.3. The number of benzene rings is 1. The van der Waals surface area contributed by atoms with Gasteiger partial charge < -0.3 is 15.1 Å². The van der Waals surface area contributed by atoms with E-state index in [2.05, 4.69) is 31.2 Å². The molecule has 2 aromatic heterocycles. The van der Waals surface area contributed by atoms with Gasteiger partial charge in [-0.05, 0) is 74.6 Å². The standard InChI is InChI=1S/C31H33ClF2N6O2/c32-22-16-24(26(27(33)34)37-18-22)28(41)38-23-8-6-20(7-9-23)19-40-25-5-2-1-4-21(25)17-31(29(40)42)10-14-39(15-11-31)30-35-12-3-13-36-30/h1-5,12-13,16,18,20,23,27H,6-11,14-15,17,19H2,(H,38,41).